The van der Waals surface area contributed by atoms with E-state index in [0.29, 0.717) is 28.6 Å². The van der Waals surface area contributed by atoms with Crippen LogP contribution in [-0.4, -0.2) is 30.1 Å². The Hall–Kier alpha value is -4.05. The summed E-state index contributed by atoms with van der Waals surface area (Å²) in [6.45, 7) is 3.92. The summed E-state index contributed by atoms with van der Waals surface area (Å²) in [6, 6.07) is 13.1. The van der Waals surface area contributed by atoms with Gasteiger partial charge in [0.25, 0.3) is 0 Å². The molecule has 2 N–H and O–H groups in total. The summed E-state index contributed by atoms with van der Waals surface area (Å²) in [5.41, 5.74) is 5.54. The third kappa shape index (κ3) is 6.63. The normalized spacial score (nSPS) is 12.9. The fourth-order valence-corrected chi connectivity index (χ4v) is 5.30. The van der Waals surface area contributed by atoms with Crippen molar-refractivity contribution >= 4 is 39.8 Å². The first-order valence-corrected chi connectivity index (χ1v) is 13.1. The molecule has 3 aromatic rings. The zero-order chi connectivity index (χ0) is 27.1. The lowest BCUT2D eigenvalue weighted by Gasteiger charge is -2.12. The van der Waals surface area contributed by atoms with Gasteiger partial charge in [-0.05, 0) is 92.6 Å². The molecule has 38 heavy (non-hydrogen) atoms. The molecule has 0 fully saturated rings. The lowest BCUT2D eigenvalue weighted by molar-refractivity contribution is -0.136. The van der Waals surface area contributed by atoms with E-state index in [4.69, 9.17) is 9.47 Å². The molecule has 1 heterocycles. The predicted molar refractivity (Wildman–Crippen MR) is 143 cm³/mol. The smallest absolute Gasteiger partial charge is 0.341 e. The van der Waals surface area contributed by atoms with Crippen LogP contribution in [0, 0.1) is 5.82 Å². The van der Waals surface area contributed by atoms with Gasteiger partial charge in [-0.2, -0.15) is 5.10 Å². The predicted octanol–water partition coefficient (Wildman–Crippen LogP) is 5.00. The number of halogens is 1. The topological polar surface area (TPSA) is 106 Å². The van der Waals surface area contributed by atoms with E-state index in [1.54, 1.807) is 50.2 Å². The van der Waals surface area contributed by atoms with Gasteiger partial charge in [0.2, 0.25) is 0 Å². The molecule has 0 bridgehead atoms. The summed E-state index contributed by atoms with van der Waals surface area (Å²) in [5.74, 6) is -2.06. The Labute approximate surface area is 223 Å². The number of rotatable bonds is 8. The number of ether oxygens (including phenoxy) is 2. The quantitative estimate of drug-likeness (QED) is 0.182. The number of carbonyl (C=O) groups excluding carboxylic acids is 3. The van der Waals surface area contributed by atoms with Crippen LogP contribution in [0.2, 0.25) is 0 Å². The molecule has 2 aromatic carbocycles. The number of amides is 2. The number of nitrogens with zero attached hydrogens (tertiary/aromatic N) is 1. The first-order chi connectivity index (χ1) is 18.4. The lowest BCUT2D eigenvalue weighted by Crippen LogP contribution is -2.33. The van der Waals surface area contributed by atoms with Gasteiger partial charge in [0.05, 0.1) is 17.9 Å². The molecule has 8 nitrogen and oxygen atoms in total. The number of hydrogen-bond acceptors (Lipinski definition) is 7. The minimum absolute atomic E-state index is 0.215. The van der Waals surface area contributed by atoms with Gasteiger partial charge in [0, 0.05) is 4.88 Å². The first kappa shape index (κ1) is 27.0. The maximum atomic E-state index is 13.0. The average Bonchev–Trinajstić information content (AvgIpc) is 3.29. The van der Waals surface area contributed by atoms with Crippen molar-refractivity contribution in [1.29, 1.82) is 0 Å². The summed E-state index contributed by atoms with van der Waals surface area (Å²) < 4.78 is 23.9. The van der Waals surface area contributed by atoms with Gasteiger partial charge in [-0.15, -0.1) is 11.3 Å². The van der Waals surface area contributed by atoms with Gasteiger partial charge in [0.15, 0.2) is 0 Å². The third-order valence-corrected chi connectivity index (χ3v) is 7.21. The van der Waals surface area contributed by atoms with Crippen molar-refractivity contribution < 1.29 is 28.2 Å². The van der Waals surface area contributed by atoms with Crippen LogP contribution in [0.3, 0.4) is 0 Å². The Morgan fingerprint density at radius 2 is 1.71 bits per heavy atom. The molecule has 2 amide bonds. The zero-order valence-electron chi connectivity index (χ0n) is 21.1. The summed E-state index contributed by atoms with van der Waals surface area (Å²) in [6.07, 6.45) is 3.54. The molecule has 1 aliphatic rings. The lowest BCUT2D eigenvalue weighted by atomic mass is 9.95. The molecule has 0 radical (unpaired) electrons. The molecule has 0 saturated heterocycles. The molecular formula is C28H28FN3O5S. The SMILES string of the molecule is CCOC(=O)c1c(NC(=O)C(=O)NN=C(C)c2ccc(OCc3ccc(F)cc3)cc2)sc2c1CCCC2. The number of nitrogens with one attached hydrogen (secondary N) is 2. The van der Waals surface area contributed by atoms with Crippen LogP contribution in [-0.2, 0) is 33.8 Å². The average molecular weight is 538 g/mol. The molecule has 198 valence electrons. The van der Waals surface area contributed by atoms with Crippen molar-refractivity contribution in [3.8, 4) is 5.75 Å². The van der Waals surface area contributed by atoms with E-state index < -0.39 is 17.8 Å². The standard InChI is InChI=1S/C28H28FN3O5S/c1-3-36-28(35)24-22-6-4-5-7-23(22)38-27(24)30-25(33)26(34)32-31-17(2)19-10-14-21(15-11-19)37-16-18-8-12-20(29)13-9-18/h8-15H,3-7,16H2,1-2H3,(H,30,33)(H,32,34). The molecule has 0 unspecified atom stereocenters. The highest BCUT2D eigenvalue weighted by atomic mass is 32.1. The number of aryl methyl sites for hydroxylation is 1. The third-order valence-electron chi connectivity index (χ3n) is 6.00. The van der Waals surface area contributed by atoms with Crippen LogP contribution in [0.5, 0.6) is 5.75 Å². The highest BCUT2D eigenvalue weighted by Gasteiger charge is 2.28. The van der Waals surface area contributed by atoms with Crippen molar-refractivity contribution in [1.82, 2.24) is 5.43 Å². The Morgan fingerprint density at radius 1 is 1.00 bits per heavy atom. The monoisotopic (exact) mass is 537 g/mol. The summed E-state index contributed by atoms with van der Waals surface area (Å²) in [5, 5.41) is 6.93. The second-order valence-corrected chi connectivity index (χ2v) is 9.77. The van der Waals surface area contributed by atoms with Gasteiger partial charge >= 0.3 is 17.8 Å². The van der Waals surface area contributed by atoms with Crippen molar-refractivity contribution in [2.45, 2.75) is 46.1 Å². The van der Waals surface area contributed by atoms with Crippen molar-refractivity contribution in [2.24, 2.45) is 5.10 Å². The molecule has 0 aliphatic heterocycles. The Bertz CT molecular complexity index is 1350. The minimum Gasteiger partial charge on any atom is -0.489 e. The number of fused-ring (bicyclic) bond motifs is 1. The number of hydrazone groups is 1. The highest BCUT2D eigenvalue weighted by Crippen LogP contribution is 2.38. The van der Waals surface area contributed by atoms with Crippen LogP contribution < -0.4 is 15.5 Å². The maximum Gasteiger partial charge on any atom is 0.341 e. The van der Waals surface area contributed by atoms with Gasteiger partial charge < -0.3 is 14.8 Å². The molecule has 4 rings (SSSR count). The number of thiophene rings is 1. The highest BCUT2D eigenvalue weighted by molar-refractivity contribution is 7.17. The van der Waals surface area contributed by atoms with E-state index >= 15 is 0 Å². The van der Waals surface area contributed by atoms with Gasteiger partial charge in [-0.1, -0.05) is 12.1 Å². The van der Waals surface area contributed by atoms with Crippen LogP contribution in [0.4, 0.5) is 9.39 Å². The number of hydrogen-bond donors (Lipinski definition) is 2. The molecule has 0 spiro atoms. The van der Waals surface area contributed by atoms with Crippen LogP contribution in [0.1, 0.15) is 58.6 Å². The number of benzene rings is 2. The number of esters is 1. The fourth-order valence-electron chi connectivity index (χ4n) is 4.02. The zero-order valence-corrected chi connectivity index (χ0v) is 22.0. The molecule has 0 atom stereocenters. The minimum atomic E-state index is -0.954. The van der Waals surface area contributed by atoms with E-state index in [2.05, 4.69) is 15.8 Å². The molecule has 1 aromatic heterocycles. The summed E-state index contributed by atoms with van der Waals surface area (Å²) in [4.78, 5) is 38.6. The van der Waals surface area contributed by atoms with E-state index in [-0.39, 0.29) is 12.4 Å². The van der Waals surface area contributed by atoms with E-state index in [1.165, 1.54) is 23.5 Å². The number of carbonyl (C=O) groups is 3. The van der Waals surface area contributed by atoms with E-state index in [0.717, 1.165) is 47.3 Å². The van der Waals surface area contributed by atoms with Crippen molar-refractivity contribution in [3.63, 3.8) is 0 Å². The second kappa shape index (κ2) is 12.5. The van der Waals surface area contributed by atoms with E-state index in [1.807, 2.05) is 0 Å². The van der Waals surface area contributed by atoms with Crippen LogP contribution in [0.25, 0.3) is 0 Å². The Morgan fingerprint density at radius 3 is 2.42 bits per heavy atom. The largest absolute Gasteiger partial charge is 0.489 e. The Kier molecular flexibility index (Phi) is 8.85. The fraction of sp³-hybridized carbons (Fsp3) is 0.286. The van der Waals surface area contributed by atoms with Gasteiger partial charge in [0.1, 0.15) is 23.2 Å². The number of anilines is 1. The molecular weight excluding hydrogens is 509 g/mol. The Balaban J connectivity index is 1.35. The van der Waals surface area contributed by atoms with E-state index in [9.17, 15) is 18.8 Å². The van der Waals surface area contributed by atoms with Gasteiger partial charge in [-0.25, -0.2) is 14.6 Å². The molecule has 0 saturated carbocycles. The molecule has 10 heteroatoms. The van der Waals surface area contributed by atoms with Crippen LogP contribution in [0.15, 0.2) is 53.6 Å². The second-order valence-electron chi connectivity index (χ2n) is 8.67. The molecule has 1 aliphatic carbocycles. The van der Waals surface area contributed by atoms with Crippen molar-refractivity contribution in [2.75, 3.05) is 11.9 Å². The van der Waals surface area contributed by atoms with Gasteiger partial charge in [-0.3, -0.25) is 9.59 Å². The maximum absolute atomic E-state index is 13.0. The van der Waals surface area contributed by atoms with Crippen LogP contribution >= 0.6 is 11.3 Å². The summed E-state index contributed by atoms with van der Waals surface area (Å²) in [7, 11) is 0. The summed E-state index contributed by atoms with van der Waals surface area (Å²) >= 11 is 1.31. The van der Waals surface area contributed by atoms with Crippen molar-refractivity contribution in [3.05, 3.63) is 81.5 Å². The first-order valence-electron chi connectivity index (χ1n) is 12.3.